The number of hydrogen-bond donors (Lipinski definition) is 1. The summed E-state index contributed by atoms with van der Waals surface area (Å²) in [6, 6.07) is 14.0. The van der Waals surface area contributed by atoms with Gasteiger partial charge in [0.25, 0.3) is 0 Å². The van der Waals surface area contributed by atoms with E-state index in [2.05, 4.69) is 42.2 Å². The summed E-state index contributed by atoms with van der Waals surface area (Å²) in [5, 5.41) is 3.35. The predicted octanol–water partition coefficient (Wildman–Crippen LogP) is 6.00. The van der Waals surface area contributed by atoms with Crippen LogP contribution in [0, 0.1) is 0 Å². The maximum Gasteiger partial charge on any atom is 0.135 e. The minimum atomic E-state index is 0. The smallest absolute Gasteiger partial charge is 0.135 e. The van der Waals surface area contributed by atoms with Crippen LogP contribution in [0.4, 0.5) is 0 Å². The zero-order chi connectivity index (χ0) is 15.4. The largest absolute Gasteiger partial charge is 0.460 e. The van der Waals surface area contributed by atoms with Crippen molar-refractivity contribution in [2.75, 3.05) is 0 Å². The van der Waals surface area contributed by atoms with Crippen LogP contribution in [-0.2, 0) is 13.1 Å². The summed E-state index contributed by atoms with van der Waals surface area (Å²) in [4.78, 5) is 4.10. The molecule has 0 saturated carbocycles. The van der Waals surface area contributed by atoms with Crippen molar-refractivity contribution in [1.29, 1.82) is 0 Å². The lowest BCUT2D eigenvalue weighted by atomic mass is 10.2. The lowest BCUT2D eigenvalue weighted by Crippen LogP contribution is -2.12. The van der Waals surface area contributed by atoms with Crippen molar-refractivity contribution in [1.82, 2.24) is 10.3 Å². The summed E-state index contributed by atoms with van der Waals surface area (Å²) in [6.07, 6.45) is 3.64. The van der Waals surface area contributed by atoms with Gasteiger partial charge in [0.05, 0.1) is 6.54 Å². The zero-order valence-electron chi connectivity index (χ0n) is 12.5. The highest BCUT2D eigenvalue weighted by atomic mass is 79.9. The molecule has 3 nitrogen and oxygen atoms in total. The Labute approximate surface area is 170 Å². The SMILES string of the molecule is Brc1ccc(-c2ccc(CNCc3cccnc3)o2)c(Br)c1.Cl.Cl. The van der Waals surface area contributed by atoms with Crippen LogP contribution in [0.1, 0.15) is 11.3 Å². The number of benzene rings is 1. The van der Waals surface area contributed by atoms with Crippen molar-refractivity contribution in [3.05, 3.63) is 75.1 Å². The number of pyridine rings is 1. The van der Waals surface area contributed by atoms with Gasteiger partial charge >= 0.3 is 0 Å². The van der Waals surface area contributed by atoms with E-state index in [-0.39, 0.29) is 24.8 Å². The maximum absolute atomic E-state index is 5.90. The van der Waals surface area contributed by atoms with Gasteiger partial charge in [-0.2, -0.15) is 0 Å². The van der Waals surface area contributed by atoms with Crippen molar-refractivity contribution in [2.24, 2.45) is 0 Å². The molecule has 0 fully saturated rings. The van der Waals surface area contributed by atoms with Crippen LogP contribution in [0.25, 0.3) is 11.3 Å². The molecule has 7 heteroatoms. The standard InChI is InChI=1S/C17H14Br2N2O.2ClH/c18-13-3-5-15(16(19)8-13)17-6-4-14(22-17)11-21-10-12-2-1-7-20-9-12;;/h1-9,21H,10-11H2;2*1H. The number of hydrogen-bond acceptors (Lipinski definition) is 3. The Balaban J connectivity index is 0.00000144. The molecule has 3 aromatic rings. The van der Waals surface area contributed by atoms with Gasteiger partial charge in [0.2, 0.25) is 0 Å². The van der Waals surface area contributed by atoms with Crippen LogP contribution in [0.5, 0.6) is 0 Å². The second-order valence-corrected chi connectivity index (χ2v) is 6.62. The Kier molecular flexibility index (Phi) is 9.02. The van der Waals surface area contributed by atoms with Crippen LogP contribution in [-0.4, -0.2) is 4.98 Å². The molecular weight excluding hydrogens is 479 g/mol. The Hall–Kier alpha value is -0.850. The highest BCUT2D eigenvalue weighted by molar-refractivity contribution is 9.11. The molecule has 0 aliphatic rings. The Morgan fingerprint density at radius 2 is 1.83 bits per heavy atom. The third kappa shape index (κ3) is 5.60. The fraction of sp³-hybridized carbons (Fsp3) is 0.118. The second kappa shape index (κ2) is 10.2. The molecule has 0 radical (unpaired) electrons. The number of nitrogens with zero attached hydrogens (tertiary/aromatic N) is 1. The summed E-state index contributed by atoms with van der Waals surface area (Å²) >= 11 is 7.02. The van der Waals surface area contributed by atoms with E-state index in [4.69, 9.17) is 4.42 Å². The van der Waals surface area contributed by atoms with E-state index < -0.39 is 0 Å². The fourth-order valence-corrected chi connectivity index (χ4v) is 3.38. The summed E-state index contributed by atoms with van der Waals surface area (Å²) in [5.74, 6) is 1.77. The summed E-state index contributed by atoms with van der Waals surface area (Å²) in [6.45, 7) is 1.45. The van der Waals surface area contributed by atoms with Crippen molar-refractivity contribution >= 4 is 56.7 Å². The number of halogens is 4. The van der Waals surface area contributed by atoms with Gasteiger partial charge in [0.1, 0.15) is 11.5 Å². The van der Waals surface area contributed by atoms with E-state index in [1.54, 1.807) is 6.20 Å². The zero-order valence-corrected chi connectivity index (χ0v) is 17.3. The van der Waals surface area contributed by atoms with E-state index >= 15 is 0 Å². The Bertz CT molecular complexity index is 766. The van der Waals surface area contributed by atoms with Crippen LogP contribution in [0.15, 0.2) is 68.2 Å². The quantitative estimate of drug-likeness (QED) is 0.472. The molecule has 2 aromatic heterocycles. The van der Waals surface area contributed by atoms with Crippen molar-refractivity contribution in [3.8, 4) is 11.3 Å². The van der Waals surface area contributed by atoms with Crippen molar-refractivity contribution in [3.63, 3.8) is 0 Å². The first-order valence-corrected chi connectivity index (χ1v) is 8.45. The summed E-state index contributed by atoms with van der Waals surface area (Å²) in [7, 11) is 0. The summed E-state index contributed by atoms with van der Waals surface area (Å²) in [5.41, 5.74) is 2.20. The third-order valence-corrected chi connectivity index (χ3v) is 4.36. The number of rotatable bonds is 5. The molecule has 128 valence electrons. The first-order chi connectivity index (χ1) is 10.7. The third-order valence-electron chi connectivity index (χ3n) is 3.21. The van der Waals surface area contributed by atoms with Gasteiger partial charge in [0, 0.05) is 33.4 Å². The minimum Gasteiger partial charge on any atom is -0.460 e. The summed E-state index contributed by atoms with van der Waals surface area (Å²) < 4.78 is 7.95. The topological polar surface area (TPSA) is 38.1 Å². The molecule has 0 saturated heterocycles. The monoisotopic (exact) mass is 492 g/mol. The van der Waals surface area contributed by atoms with E-state index in [0.717, 1.165) is 38.1 Å². The normalized spacial score (nSPS) is 9.92. The molecule has 0 atom stereocenters. The molecule has 1 N–H and O–H groups in total. The van der Waals surface area contributed by atoms with Gasteiger partial charge in [-0.1, -0.05) is 22.0 Å². The number of aromatic nitrogens is 1. The highest BCUT2D eigenvalue weighted by Gasteiger charge is 2.08. The van der Waals surface area contributed by atoms with Gasteiger partial charge in [-0.15, -0.1) is 24.8 Å². The van der Waals surface area contributed by atoms with Crippen LogP contribution in [0.2, 0.25) is 0 Å². The van der Waals surface area contributed by atoms with Crippen molar-refractivity contribution in [2.45, 2.75) is 13.1 Å². The maximum atomic E-state index is 5.90. The first kappa shape index (κ1) is 21.2. The lowest BCUT2D eigenvalue weighted by molar-refractivity contribution is 0.493. The van der Waals surface area contributed by atoms with E-state index in [9.17, 15) is 0 Å². The van der Waals surface area contributed by atoms with Gasteiger partial charge in [-0.05, 0) is 57.9 Å². The van der Waals surface area contributed by atoms with Crippen molar-refractivity contribution < 1.29 is 4.42 Å². The molecular formula is C17H16Br2Cl2N2O. The lowest BCUT2D eigenvalue weighted by Gasteiger charge is -2.03. The average molecular weight is 495 g/mol. The predicted molar refractivity (Wildman–Crippen MR) is 109 cm³/mol. The molecule has 0 spiro atoms. The fourth-order valence-electron chi connectivity index (χ4n) is 2.14. The van der Waals surface area contributed by atoms with E-state index in [0.29, 0.717) is 6.54 Å². The Morgan fingerprint density at radius 1 is 1.00 bits per heavy atom. The van der Waals surface area contributed by atoms with Gasteiger partial charge in [0.15, 0.2) is 0 Å². The van der Waals surface area contributed by atoms with Crippen LogP contribution < -0.4 is 5.32 Å². The molecule has 3 rings (SSSR count). The molecule has 2 heterocycles. The number of furan rings is 1. The van der Waals surface area contributed by atoms with Gasteiger partial charge in [-0.25, -0.2) is 0 Å². The molecule has 0 unspecified atom stereocenters. The molecule has 0 amide bonds. The van der Waals surface area contributed by atoms with Gasteiger partial charge in [-0.3, -0.25) is 4.98 Å². The molecule has 1 aromatic carbocycles. The van der Waals surface area contributed by atoms with Gasteiger partial charge < -0.3 is 9.73 Å². The molecule has 0 aliphatic heterocycles. The molecule has 0 bridgehead atoms. The minimum absolute atomic E-state index is 0. The van der Waals surface area contributed by atoms with Crippen LogP contribution in [0.3, 0.4) is 0 Å². The average Bonchev–Trinajstić information content (AvgIpc) is 2.97. The Morgan fingerprint density at radius 3 is 2.54 bits per heavy atom. The van der Waals surface area contributed by atoms with Crippen LogP contribution >= 0.6 is 56.7 Å². The molecule has 24 heavy (non-hydrogen) atoms. The second-order valence-electron chi connectivity index (χ2n) is 4.85. The molecule has 0 aliphatic carbocycles. The van der Waals surface area contributed by atoms with E-state index in [1.807, 2.05) is 48.7 Å². The number of nitrogens with one attached hydrogen (secondary N) is 1. The highest BCUT2D eigenvalue weighted by Crippen LogP contribution is 2.31. The van der Waals surface area contributed by atoms with E-state index in [1.165, 1.54) is 0 Å². The first-order valence-electron chi connectivity index (χ1n) is 6.86.